The van der Waals surface area contributed by atoms with E-state index in [1.165, 1.54) is 0 Å². The average molecular weight is 259 g/mol. The van der Waals surface area contributed by atoms with Crippen molar-refractivity contribution >= 4 is 6.09 Å². The lowest BCUT2D eigenvalue weighted by molar-refractivity contribution is 0.00452. The highest BCUT2D eigenvalue weighted by Gasteiger charge is 2.22. The molecule has 1 heterocycles. The van der Waals surface area contributed by atoms with Crippen LogP contribution >= 0.6 is 0 Å². The number of amides is 1. The van der Waals surface area contributed by atoms with E-state index in [-0.39, 0.29) is 6.10 Å². The Morgan fingerprint density at radius 1 is 1.44 bits per heavy atom. The van der Waals surface area contributed by atoms with Crippen molar-refractivity contribution in [3.8, 4) is 0 Å². The minimum atomic E-state index is -0.483. The quantitative estimate of drug-likeness (QED) is 0.806. The molecule has 1 atom stereocenters. The van der Waals surface area contributed by atoms with Gasteiger partial charge in [-0.2, -0.15) is 0 Å². The summed E-state index contributed by atoms with van der Waals surface area (Å²) in [7, 11) is 0. The summed E-state index contributed by atoms with van der Waals surface area (Å²) in [5.41, 5.74) is -0.483. The third-order valence-electron chi connectivity index (χ3n) is 2.92. The first-order chi connectivity index (χ1) is 8.38. The first-order valence-electron chi connectivity index (χ1n) is 6.61. The molecule has 0 aromatic carbocycles. The van der Waals surface area contributed by atoms with E-state index >= 15 is 0 Å². The van der Waals surface area contributed by atoms with E-state index in [0.717, 1.165) is 26.1 Å². The Balaban J connectivity index is 2.14. The summed E-state index contributed by atoms with van der Waals surface area (Å²) >= 11 is 0. The maximum atomic E-state index is 11.4. The van der Waals surface area contributed by atoms with Crippen molar-refractivity contribution < 1.29 is 19.4 Å². The molecule has 1 saturated heterocycles. The maximum Gasteiger partial charge on any atom is 0.407 e. The van der Waals surface area contributed by atoms with E-state index in [4.69, 9.17) is 9.47 Å². The Labute approximate surface area is 109 Å². The second-order valence-corrected chi connectivity index (χ2v) is 5.73. The van der Waals surface area contributed by atoms with Crippen LogP contribution in [0.15, 0.2) is 0 Å². The molecule has 1 fully saturated rings. The zero-order valence-electron chi connectivity index (χ0n) is 11.6. The number of carbonyl (C=O) groups is 1. The highest BCUT2D eigenvalue weighted by atomic mass is 16.6. The van der Waals surface area contributed by atoms with Crippen LogP contribution in [0.5, 0.6) is 0 Å². The van der Waals surface area contributed by atoms with Crippen LogP contribution in [-0.4, -0.2) is 42.7 Å². The number of hydrogen-bond acceptors (Lipinski definition) is 4. The van der Waals surface area contributed by atoms with E-state index < -0.39 is 11.7 Å². The molecule has 1 rings (SSSR count). The first-order valence-corrected chi connectivity index (χ1v) is 6.61. The van der Waals surface area contributed by atoms with Gasteiger partial charge in [-0.3, -0.25) is 0 Å². The molecule has 0 aromatic heterocycles. The molecule has 0 bridgehead atoms. The van der Waals surface area contributed by atoms with E-state index in [9.17, 15) is 9.90 Å². The van der Waals surface area contributed by atoms with Gasteiger partial charge >= 0.3 is 6.09 Å². The van der Waals surface area contributed by atoms with Crippen molar-refractivity contribution in [2.24, 2.45) is 5.92 Å². The van der Waals surface area contributed by atoms with Crippen LogP contribution in [0.3, 0.4) is 0 Å². The predicted octanol–water partition coefficient (Wildman–Crippen LogP) is 1.69. The maximum absolute atomic E-state index is 11.4. The number of aliphatic hydroxyl groups is 1. The van der Waals surface area contributed by atoms with Crippen LogP contribution < -0.4 is 5.32 Å². The van der Waals surface area contributed by atoms with E-state index in [1.807, 2.05) is 20.8 Å². The topological polar surface area (TPSA) is 67.8 Å². The smallest absolute Gasteiger partial charge is 0.407 e. The third kappa shape index (κ3) is 6.21. The van der Waals surface area contributed by atoms with Crippen LogP contribution in [0.2, 0.25) is 0 Å². The Morgan fingerprint density at radius 3 is 2.61 bits per heavy atom. The van der Waals surface area contributed by atoms with Crippen molar-refractivity contribution in [2.45, 2.75) is 51.7 Å². The SMILES string of the molecule is CC(C)(C)OC(=O)NCCC(O)C1CCOCC1. The van der Waals surface area contributed by atoms with E-state index in [1.54, 1.807) is 0 Å². The highest BCUT2D eigenvalue weighted by molar-refractivity contribution is 5.67. The second-order valence-electron chi connectivity index (χ2n) is 5.73. The molecule has 106 valence electrons. The van der Waals surface area contributed by atoms with Gasteiger partial charge in [0.1, 0.15) is 5.60 Å². The number of hydrogen-bond donors (Lipinski definition) is 2. The highest BCUT2D eigenvalue weighted by Crippen LogP contribution is 2.20. The number of aliphatic hydroxyl groups excluding tert-OH is 1. The Kier molecular flexibility index (Phi) is 5.88. The van der Waals surface area contributed by atoms with Gasteiger partial charge in [-0.15, -0.1) is 0 Å². The van der Waals surface area contributed by atoms with Crippen LogP contribution in [0.1, 0.15) is 40.0 Å². The normalized spacial score (nSPS) is 19.3. The summed E-state index contributed by atoms with van der Waals surface area (Å²) in [6.07, 6.45) is 1.55. The molecule has 5 heteroatoms. The Hall–Kier alpha value is -0.810. The molecule has 2 N–H and O–H groups in total. The number of alkyl carbamates (subject to hydrolysis) is 1. The molecule has 18 heavy (non-hydrogen) atoms. The van der Waals surface area contributed by atoms with Crippen molar-refractivity contribution in [3.63, 3.8) is 0 Å². The minimum absolute atomic E-state index is 0.291. The van der Waals surface area contributed by atoms with Crippen molar-refractivity contribution in [1.82, 2.24) is 5.32 Å². The zero-order chi connectivity index (χ0) is 13.6. The van der Waals surface area contributed by atoms with Crippen molar-refractivity contribution in [1.29, 1.82) is 0 Å². The Morgan fingerprint density at radius 2 is 2.06 bits per heavy atom. The molecule has 1 amide bonds. The van der Waals surface area contributed by atoms with Crippen LogP contribution in [0.25, 0.3) is 0 Å². The van der Waals surface area contributed by atoms with Gasteiger partial charge in [-0.1, -0.05) is 0 Å². The molecule has 5 nitrogen and oxygen atoms in total. The van der Waals surface area contributed by atoms with Gasteiger partial charge < -0.3 is 19.9 Å². The predicted molar refractivity (Wildman–Crippen MR) is 68.4 cm³/mol. The molecule has 0 saturated carbocycles. The molecule has 1 aliphatic heterocycles. The van der Waals surface area contributed by atoms with E-state index in [0.29, 0.717) is 18.9 Å². The molecular formula is C13H25NO4. The van der Waals surface area contributed by atoms with Gasteiger partial charge in [0.25, 0.3) is 0 Å². The van der Waals surface area contributed by atoms with Gasteiger partial charge in [0.05, 0.1) is 6.10 Å². The summed E-state index contributed by atoms with van der Waals surface area (Å²) in [6, 6.07) is 0. The molecule has 0 aromatic rings. The summed E-state index contributed by atoms with van der Waals surface area (Å²) in [6.45, 7) is 7.35. The molecule has 1 unspecified atom stereocenters. The lowest BCUT2D eigenvalue weighted by Gasteiger charge is -2.27. The van der Waals surface area contributed by atoms with Crippen LogP contribution in [0, 0.1) is 5.92 Å². The largest absolute Gasteiger partial charge is 0.444 e. The lowest BCUT2D eigenvalue weighted by Crippen LogP contribution is -2.35. The van der Waals surface area contributed by atoms with Gasteiger partial charge in [0.15, 0.2) is 0 Å². The molecule has 1 aliphatic rings. The van der Waals surface area contributed by atoms with Crippen molar-refractivity contribution in [3.05, 3.63) is 0 Å². The molecule has 0 aliphatic carbocycles. The molecule has 0 spiro atoms. The van der Waals surface area contributed by atoms with E-state index in [2.05, 4.69) is 5.32 Å². The number of ether oxygens (including phenoxy) is 2. The zero-order valence-corrected chi connectivity index (χ0v) is 11.6. The minimum Gasteiger partial charge on any atom is -0.444 e. The van der Waals surface area contributed by atoms with Crippen molar-refractivity contribution in [2.75, 3.05) is 19.8 Å². The third-order valence-corrected chi connectivity index (χ3v) is 2.92. The number of nitrogens with one attached hydrogen (secondary N) is 1. The monoisotopic (exact) mass is 259 g/mol. The average Bonchev–Trinajstić information content (AvgIpc) is 2.27. The molecule has 0 radical (unpaired) electrons. The van der Waals surface area contributed by atoms with Crippen LogP contribution in [0.4, 0.5) is 4.79 Å². The standard InChI is InChI=1S/C13H25NO4/c1-13(2,3)18-12(16)14-7-4-11(15)10-5-8-17-9-6-10/h10-11,15H,4-9H2,1-3H3,(H,14,16). The summed E-state index contributed by atoms with van der Waals surface area (Å²) in [5.74, 6) is 0.291. The second kappa shape index (κ2) is 6.95. The fourth-order valence-electron chi connectivity index (χ4n) is 1.97. The summed E-state index contributed by atoms with van der Waals surface area (Å²) in [4.78, 5) is 11.4. The number of carbonyl (C=O) groups excluding carboxylic acids is 1. The fourth-order valence-corrected chi connectivity index (χ4v) is 1.97. The molecular weight excluding hydrogens is 234 g/mol. The summed E-state index contributed by atoms with van der Waals surface area (Å²) < 4.78 is 10.4. The van der Waals surface area contributed by atoms with Gasteiger partial charge in [0, 0.05) is 19.8 Å². The van der Waals surface area contributed by atoms with Gasteiger partial charge in [0.2, 0.25) is 0 Å². The van der Waals surface area contributed by atoms with Gasteiger partial charge in [-0.05, 0) is 46.0 Å². The first kappa shape index (κ1) is 15.2. The Bertz CT molecular complexity index is 256. The fraction of sp³-hybridized carbons (Fsp3) is 0.923. The number of rotatable bonds is 4. The lowest BCUT2D eigenvalue weighted by atomic mass is 9.92. The summed E-state index contributed by atoms with van der Waals surface area (Å²) in [5, 5.41) is 12.6. The van der Waals surface area contributed by atoms with Crippen LogP contribution in [-0.2, 0) is 9.47 Å². The van der Waals surface area contributed by atoms with Gasteiger partial charge in [-0.25, -0.2) is 4.79 Å².